The third kappa shape index (κ3) is 7.96. The molecule has 8 aromatic carbocycles. The van der Waals surface area contributed by atoms with Crippen LogP contribution in [-0.2, 0) is 32.5 Å². The molecule has 0 spiro atoms. The number of anilines is 6. The smallest absolute Gasteiger partial charge is 0.252 e. The largest absolute Gasteiger partial charge is 0.311 e. The van der Waals surface area contributed by atoms with Crippen LogP contribution in [0.3, 0.4) is 0 Å². The zero-order valence-electron chi connectivity index (χ0n) is 49.9. The van der Waals surface area contributed by atoms with Gasteiger partial charge in [0.2, 0.25) is 0 Å². The highest BCUT2D eigenvalue weighted by Gasteiger charge is 2.48. The molecule has 8 aromatic rings. The zero-order valence-corrected chi connectivity index (χ0v) is 46.9. The van der Waals surface area contributed by atoms with Gasteiger partial charge in [-0.3, -0.25) is 0 Å². The second-order valence-electron chi connectivity index (χ2n) is 26.9. The lowest BCUT2D eigenvalue weighted by Crippen LogP contribution is -2.62. The van der Waals surface area contributed by atoms with Gasteiger partial charge in [-0.1, -0.05) is 199 Å². The predicted molar refractivity (Wildman–Crippen MR) is 324 cm³/mol. The number of rotatable bonds is 6. The van der Waals surface area contributed by atoms with Gasteiger partial charge in [0.1, 0.15) is 0 Å². The normalized spacial score (nSPS) is 18.4. The minimum atomic E-state index is -2.41. The zero-order chi connectivity index (χ0) is 55.3. The Hall–Kier alpha value is -6.58. The van der Waals surface area contributed by atoms with E-state index in [2.05, 4.69) is 251 Å². The van der Waals surface area contributed by atoms with Crippen molar-refractivity contribution in [2.45, 2.75) is 155 Å². The van der Waals surface area contributed by atoms with Crippen LogP contribution in [0.15, 0.2) is 164 Å². The highest BCUT2D eigenvalue weighted by atomic mass is 15.2. The van der Waals surface area contributed by atoms with E-state index in [0.717, 1.165) is 87.5 Å². The van der Waals surface area contributed by atoms with Crippen LogP contribution in [0.25, 0.3) is 22.3 Å². The minimum absolute atomic E-state index is 0.0301. The third-order valence-corrected chi connectivity index (χ3v) is 18.7. The van der Waals surface area contributed by atoms with Crippen molar-refractivity contribution in [3.63, 3.8) is 0 Å². The van der Waals surface area contributed by atoms with E-state index in [4.69, 9.17) is 0 Å². The molecule has 2 aliphatic carbocycles. The molecule has 2 nitrogen and oxygen atoms in total. The summed E-state index contributed by atoms with van der Waals surface area (Å²) in [5.41, 5.74) is 23.2. The Morgan fingerprint density at radius 1 is 0.413 bits per heavy atom. The molecule has 75 heavy (non-hydrogen) atoms. The van der Waals surface area contributed by atoms with Crippen LogP contribution in [0.5, 0.6) is 0 Å². The van der Waals surface area contributed by atoms with Gasteiger partial charge in [0, 0.05) is 43.5 Å². The fourth-order valence-electron chi connectivity index (χ4n) is 13.6. The highest BCUT2D eigenvalue weighted by molar-refractivity contribution is 7.00. The fraction of sp³-hybridized carbons (Fsp3) is 0.333. The lowest BCUT2D eigenvalue weighted by atomic mass is 9.33. The lowest BCUT2D eigenvalue weighted by molar-refractivity contribution is 0.332. The molecule has 0 amide bonds. The molecule has 4 aliphatic rings. The molecular weight excluding hydrogens is 904 g/mol. The van der Waals surface area contributed by atoms with Crippen molar-refractivity contribution < 1.29 is 4.11 Å². The number of nitrogens with zero attached hydrogens (tertiary/aromatic N) is 2. The molecule has 0 saturated carbocycles. The summed E-state index contributed by atoms with van der Waals surface area (Å²) in [4.78, 5) is 4.95. The number of benzene rings is 8. The molecule has 0 bridgehead atoms. The van der Waals surface area contributed by atoms with Gasteiger partial charge in [-0.15, -0.1) is 0 Å². The third-order valence-electron chi connectivity index (χ3n) is 18.7. The van der Waals surface area contributed by atoms with Crippen molar-refractivity contribution in [2.24, 2.45) is 0 Å². The molecule has 0 unspecified atom stereocenters. The second kappa shape index (κ2) is 17.0. The first-order chi connectivity index (χ1) is 36.7. The molecule has 0 aromatic heterocycles. The average Bonchev–Trinajstić information content (AvgIpc) is 2.24. The van der Waals surface area contributed by atoms with Crippen LogP contribution in [0, 0.1) is 6.85 Å². The summed E-state index contributed by atoms with van der Waals surface area (Å²) in [5.74, 6) is 0. The van der Waals surface area contributed by atoms with Gasteiger partial charge in [-0.25, -0.2) is 0 Å². The first-order valence-electron chi connectivity index (χ1n) is 29.3. The van der Waals surface area contributed by atoms with Crippen molar-refractivity contribution >= 4 is 57.2 Å². The molecule has 0 saturated heterocycles. The van der Waals surface area contributed by atoms with Gasteiger partial charge in [-0.2, -0.15) is 0 Å². The maximum Gasteiger partial charge on any atom is 0.252 e. The standard InChI is InChI=1S/C72H77BN2/c1-46-38-64-66-65(39-46)75(61-33-29-51(67(2,3)4)41-54(61)49-25-21-24-48(40-49)47-22-17-15-18-23-47)62-42-52(72(13,14)50-26-19-16-20-27-50)28-32-59(62)73(66)60-44-57-58(71(11,12)37-36-70(57,9)10)45-63(60)74(64)53-30-31-55-56(43-53)69(7,8)35-34-68(55,5)6/h15-33,38-45H,34-37H2,1-14H3/i1D3. The van der Waals surface area contributed by atoms with Gasteiger partial charge in [0.25, 0.3) is 6.71 Å². The molecular formula is C72H77BN2. The number of fused-ring (bicyclic) bond motifs is 6. The molecule has 12 rings (SSSR count). The molecule has 3 heteroatoms. The van der Waals surface area contributed by atoms with Crippen molar-refractivity contribution in [3.8, 4) is 22.3 Å². The van der Waals surface area contributed by atoms with Crippen LogP contribution in [0.4, 0.5) is 34.1 Å². The van der Waals surface area contributed by atoms with Crippen LogP contribution in [0.2, 0.25) is 0 Å². The number of hydrogen-bond acceptors (Lipinski definition) is 2. The Labute approximate surface area is 454 Å². The van der Waals surface area contributed by atoms with Crippen LogP contribution < -0.4 is 26.2 Å². The average molecular weight is 984 g/mol. The van der Waals surface area contributed by atoms with E-state index < -0.39 is 6.85 Å². The van der Waals surface area contributed by atoms with E-state index in [-0.39, 0.29) is 39.2 Å². The summed E-state index contributed by atoms with van der Waals surface area (Å²) >= 11 is 0. The summed E-state index contributed by atoms with van der Waals surface area (Å²) in [5, 5.41) is 0. The van der Waals surface area contributed by atoms with E-state index in [0.29, 0.717) is 5.56 Å². The molecule has 0 N–H and O–H groups in total. The SMILES string of the molecule is [2H]C([2H])([2H])c1cc2c3c(c1)N(c1ccc(C(C)(C)C)cc1-c1cccc(-c4ccccc4)c1)c1cc(C(C)(C)c4ccccc4)ccc1B3c1cc3c(cc1N2c1ccc2c(c1)C(C)(C)CCC2(C)C)C(C)(C)CCC3(C)C. The highest BCUT2D eigenvalue weighted by Crippen LogP contribution is 2.54. The molecule has 2 aliphatic heterocycles. The van der Waals surface area contributed by atoms with E-state index >= 15 is 0 Å². The van der Waals surface area contributed by atoms with Gasteiger partial charge < -0.3 is 9.80 Å². The van der Waals surface area contributed by atoms with Crippen molar-refractivity contribution in [1.29, 1.82) is 0 Å². The topological polar surface area (TPSA) is 6.48 Å². The first-order valence-corrected chi connectivity index (χ1v) is 27.8. The van der Waals surface area contributed by atoms with Gasteiger partial charge in [-0.05, 0) is 192 Å². The Balaban J connectivity index is 1.22. The van der Waals surface area contributed by atoms with E-state index in [1.165, 1.54) is 49.9 Å². The van der Waals surface area contributed by atoms with Gasteiger partial charge in [0.15, 0.2) is 0 Å². The van der Waals surface area contributed by atoms with Gasteiger partial charge >= 0.3 is 0 Å². The molecule has 2 heterocycles. The summed E-state index contributed by atoms with van der Waals surface area (Å²) in [6.07, 6.45) is 4.40. The van der Waals surface area contributed by atoms with E-state index in [1.807, 2.05) is 12.1 Å². The van der Waals surface area contributed by atoms with E-state index in [9.17, 15) is 4.11 Å². The van der Waals surface area contributed by atoms with E-state index in [1.54, 1.807) is 0 Å². The second-order valence-corrected chi connectivity index (χ2v) is 26.9. The molecule has 0 atom stereocenters. The Kier molecular flexibility index (Phi) is 10.4. The Morgan fingerprint density at radius 2 is 0.973 bits per heavy atom. The quantitative estimate of drug-likeness (QED) is 0.153. The maximum atomic E-state index is 9.39. The number of aryl methyl sites for hydroxylation is 1. The van der Waals surface area contributed by atoms with Crippen LogP contribution in [-0.4, -0.2) is 6.71 Å². The lowest BCUT2D eigenvalue weighted by Gasteiger charge is -2.48. The minimum Gasteiger partial charge on any atom is -0.311 e. The monoisotopic (exact) mass is 984 g/mol. The molecule has 378 valence electrons. The summed E-state index contributed by atoms with van der Waals surface area (Å²) in [6, 6.07) is 61.2. The predicted octanol–water partition coefficient (Wildman–Crippen LogP) is 17.7. The number of hydrogen-bond donors (Lipinski definition) is 0. The van der Waals surface area contributed by atoms with Gasteiger partial charge in [0.05, 0.1) is 5.69 Å². The van der Waals surface area contributed by atoms with Crippen molar-refractivity contribution in [3.05, 3.63) is 208 Å². The van der Waals surface area contributed by atoms with Crippen molar-refractivity contribution in [1.82, 2.24) is 0 Å². The maximum absolute atomic E-state index is 9.39. The van der Waals surface area contributed by atoms with Crippen molar-refractivity contribution in [2.75, 3.05) is 9.80 Å². The Bertz CT molecular complexity index is 3700. The van der Waals surface area contributed by atoms with Crippen LogP contribution in [0.1, 0.15) is 164 Å². The van der Waals surface area contributed by atoms with Crippen LogP contribution >= 0.6 is 0 Å². The molecule has 0 fully saturated rings. The Morgan fingerprint density at radius 3 is 1.63 bits per heavy atom. The summed E-state index contributed by atoms with van der Waals surface area (Å²) in [7, 11) is 0. The summed E-state index contributed by atoms with van der Waals surface area (Å²) < 4.78 is 28.2. The first kappa shape index (κ1) is 45.8. The molecule has 0 radical (unpaired) electrons. The summed E-state index contributed by atoms with van der Waals surface area (Å²) in [6.45, 7) is 28.2. The fourth-order valence-corrected chi connectivity index (χ4v) is 13.6.